The second-order valence-corrected chi connectivity index (χ2v) is 8.20. The van der Waals surface area contributed by atoms with Crippen LogP contribution in [0.2, 0.25) is 5.02 Å². The van der Waals surface area contributed by atoms with Crippen molar-refractivity contribution < 1.29 is 0 Å². The zero-order valence-corrected chi connectivity index (χ0v) is 17.0. The van der Waals surface area contributed by atoms with Gasteiger partial charge >= 0.3 is 0 Å². The van der Waals surface area contributed by atoms with E-state index in [1.807, 2.05) is 18.3 Å². The van der Waals surface area contributed by atoms with Crippen molar-refractivity contribution in [2.24, 2.45) is 0 Å². The van der Waals surface area contributed by atoms with E-state index in [-0.39, 0.29) is 0 Å². The Morgan fingerprint density at radius 3 is 2.07 bits per heavy atom. The minimum absolute atomic E-state index is 0.512. The number of hydrogen-bond donors (Lipinski definition) is 0. The first-order valence-corrected chi connectivity index (χ1v) is 10.5. The van der Waals surface area contributed by atoms with Gasteiger partial charge in [0.2, 0.25) is 0 Å². The Bertz CT molecular complexity index is 1350. The third kappa shape index (κ3) is 2.33. The number of pyridine rings is 1. The predicted molar refractivity (Wildman–Crippen MR) is 124 cm³/mol. The summed E-state index contributed by atoms with van der Waals surface area (Å²) in [6.07, 6.45) is 1.88. The second-order valence-electron chi connectivity index (χ2n) is 7.77. The van der Waals surface area contributed by atoms with Gasteiger partial charge in [-0.2, -0.15) is 0 Å². The monoisotopic (exact) mass is 403 g/mol. The van der Waals surface area contributed by atoms with Crippen LogP contribution >= 0.6 is 11.6 Å². The summed E-state index contributed by atoms with van der Waals surface area (Å²) in [5.41, 5.74) is 6.59. The third-order valence-corrected chi connectivity index (χ3v) is 6.46. The molecule has 1 nitrogen and oxygen atoms in total. The highest BCUT2D eigenvalue weighted by atomic mass is 35.5. The average Bonchev–Trinajstić information content (AvgIpc) is 3.08. The van der Waals surface area contributed by atoms with E-state index in [9.17, 15) is 0 Å². The molecule has 1 aliphatic carbocycles. The highest BCUT2D eigenvalue weighted by Gasteiger charge is 2.47. The molecule has 30 heavy (non-hydrogen) atoms. The molecule has 5 aromatic rings. The van der Waals surface area contributed by atoms with Gasteiger partial charge in [0, 0.05) is 11.2 Å². The summed E-state index contributed by atoms with van der Waals surface area (Å²) < 4.78 is 0. The minimum atomic E-state index is -0.512. The van der Waals surface area contributed by atoms with Gasteiger partial charge in [0.05, 0.1) is 11.1 Å². The van der Waals surface area contributed by atoms with Crippen molar-refractivity contribution in [3.05, 3.63) is 137 Å². The van der Waals surface area contributed by atoms with Crippen LogP contribution in [0.4, 0.5) is 0 Å². The topological polar surface area (TPSA) is 12.9 Å². The zero-order chi connectivity index (χ0) is 20.1. The van der Waals surface area contributed by atoms with Gasteiger partial charge in [0.25, 0.3) is 0 Å². The van der Waals surface area contributed by atoms with Gasteiger partial charge in [-0.15, -0.1) is 0 Å². The van der Waals surface area contributed by atoms with Gasteiger partial charge < -0.3 is 0 Å². The van der Waals surface area contributed by atoms with Crippen molar-refractivity contribution >= 4 is 22.4 Å². The van der Waals surface area contributed by atoms with Crippen LogP contribution < -0.4 is 0 Å². The number of aromatic nitrogens is 1. The lowest BCUT2D eigenvalue weighted by atomic mass is 9.69. The molecule has 2 heteroatoms. The van der Waals surface area contributed by atoms with Crippen LogP contribution in [-0.2, 0) is 5.41 Å². The molecule has 0 radical (unpaired) electrons. The average molecular weight is 404 g/mol. The number of benzene rings is 4. The Morgan fingerprint density at radius 1 is 0.600 bits per heavy atom. The van der Waals surface area contributed by atoms with E-state index < -0.39 is 5.41 Å². The fourth-order valence-corrected chi connectivity index (χ4v) is 5.16. The molecule has 0 aliphatic heterocycles. The highest BCUT2D eigenvalue weighted by molar-refractivity contribution is 6.30. The van der Waals surface area contributed by atoms with Crippen LogP contribution in [0.1, 0.15) is 22.4 Å². The molecule has 0 saturated carbocycles. The van der Waals surface area contributed by atoms with Crippen LogP contribution in [0, 0.1) is 0 Å². The molecule has 0 N–H and O–H groups in total. The zero-order valence-electron chi connectivity index (χ0n) is 16.2. The molecule has 1 heterocycles. The Kier molecular flexibility index (Phi) is 3.81. The van der Waals surface area contributed by atoms with E-state index in [0.29, 0.717) is 0 Å². The van der Waals surface area contributed by atoms with Crippen LogP contribution in [-0.4, -0.2) is 4.98 Å². The van der Waals surface area contributed by atoms with Gasteiger partial charge in [-0.25, -0.2) is 0 Å². The Hall–Kier alpha value is -3.42. The van der Waals surface area contributed by atoms with Crippen molar-refractivity contribution in [1.29, 1.82) is 0 Å². The fourth-order valence-electron chi connectivity index (χ4n) is 4.99. The molecule has 0 spiro atoms. The van der Waals surface area contributed by atoms with Crippen LogP contribution in [0.5, 0.6) is 0 Å². The van der Waals surface area contributed by atoms with Crippen molar-refractivity contribution in [2.75, 3.05) is 0 Å². The van der Waals surface area contributed by atoms with E-state index in [1.54, 1.807) is 0 Å². The van der Waals surface area contributed by atoms with Gasteiger partial charge in [-0.1, -0.05) is 78.3 Å². The highest BCUT2D eigenvalue weighted by Crippen LogP contribution is 2.56. The van der Waals surface area contributed by atoms with Gasteiger partial charge in [0.15, 0.2) is 0 Å². The van der Waals surface area contributed by atoms with E-state index in [2.05, 4.69) is 91.0 Å². The molecule has 6 rings (SSSR count). The molecular weight excluding hydrogens is 386 g/mol. The molecule has 0 bridgehead atoms. The standard InChI is InChI=1S/C28H18ClN/c29-22-13-14-23-24-16-19-8-4-5-9-20(19)17-25(24)28(26(23)18-22,21-10-2-1-3-11-21)27-12-6-7-15-30-27/h1-18H. The lowest BCUT2D eigenvalue weighted by Crippen LogP contribution is -2.29. The first kappa shape index (κ1) is 17.4. The Balaban J connectivity index is 1.84. The van der Waals surface area contributed by atoms with Gasteiger partial charge in [-0.3, -0.25) is 4.98 Å². The maximum atomic E-state index is 6.55. The quantitative estimate of drug-likeness (QED) is 0.296. The normalized spacial score (nSPS) is 17.0. The Labute approximate surface area is 180 Å². The summed E-state index contributed by atoms with van der Waals surface area (Å²) in [5.74, 6) is 0. The third-order valence-electron chi connectivity index (χ3n) is 6.22. The molecule has 1 atom stereocenters. The van der Waals surface area contributed by atoms with E-state index in [0.717, 1.165) is 10.7 Å². The summed E-state index contributed by atoms with van der Waals surface area (Å²) in [6.45, 7) is 0. The number of nitrogens with zero attached hydrogens (tertiary/aromatic N) is 1. The number of fused-ring (bicyclic) bond motifs is 4. The van der Waals surface area contributed by atoms with Crippen LogP contribution in [0.25, 0.3) is 21.9 Å². The molecule has 4 aromatic carbocycles. The summed E-state index contributed by atoms with van der Waals surface area (Å²) >= 11 is 6.55. The van der Waals surface area contributed by atoms with Crippen molar-refractivity contribution in [1.82, 2.24) is 4.98 Å². The molecule has 1 aromatic heterocycles. The van der Waals surface area contributed by atoms with E-state index in [4.69, 9.17) is 16.6 Å². The summed E-state index contributed by atoms with van der Waals surface area (Å²) in [6, 6.07) is 36.3. The number of rotatable bonds is 2. The Morgan fingerprint density at radius 2 is 1.30 bits per heavy atom. The van der Waals surface area contributed by atoms with Crippen LogP contribution in [0.3, 0.4) is 0 Å². The van der Waals surface area contributed by atoms with Crippen LogP contribution in [0.15, 0.2) is 109 Å². The first-order valence-electron chi connectivity index (χ1n) is 10.1. The fraction of sp³-hybridized carbons (Fsp3) is 0.0357. The molecule has 0 amide bonds. The van der Waals surface area contributed by atoms with Crippen molar-refractivity contribution in [3.63, 3.8) is 0 Å². The van der Waals surface area contributed by atoms with Crippen molar-refractivity contribution in [3.8, 4) is 11.1 Å². The van der Waals surface area contributed by atoms with Gasteiger partial charge in [0.1, 0.15) is 0 Å². The molecule has 142 valence electrons. The van der Waals surface area contributed by atoms with Crippen molar-refractivity contribution in [2.45, 2.75) is 5.41 Å². The number of halogens is 1. The summed E-state index contributed by atoms with van der Waals surface area (Å²) in [7, 11) is 0. The smallest absolute Gasteiger partial charge is 0.0886 e. The molecule has 1 aliphatic rings. The maximum absolute atomic E-state index is 6.55. The minimum Gasteiger partial charge on any atom is -0.260 e. The molecular formula is C28H18ClN. The molecule has 1 unspecified atom stereocenters. The van der Waals surface area contributed by atoms with E-state index >= 15 is 0 Å². The van der Waals surface area contributed by atoms with Gasteiger partial charge in [-0.05, 0) is 75.0 Å². The lowest BCUT2D eigenvalue weighted by molar-refractivity contribution is 0.735. The SMILES string of the molecule is Clc1ccc2c(c1)C(c1ccccc1)(c1ccccn1)c1cc3ccccc3cc1-2. The number of hydrogen-bond acceptors (Lipinski definition) is 1. The summed E-state index contributed by atoms with van der Waals surface area (Å²) in [4.78, 5) is 4.87. The largest absolute Gasteiger partial charge is 0.260 e. The molecule has 0 fully saturated rings. The maximum Gasteiger partial charge on any atom is 0.0886 e. The first-order chi connectivity index (χ1) is 14.8. The predicted octanol–water partition coefficient (Wildman–Crippen LogP) is 7.25. The molecule has 0 saturated heterocycles. The second kappa shape index (κ2) is 6.55. The van der Waals surface area contributed by atoms with E-state index in [1.165, 1.54) is 38.6 Å². The summed E-state index contributed by atoms with van der Waals surface area (Å²) in [5, 5.41) is 3.20. The lowest BCUT2D eigenvalue weighted by Gasteiger charge is -2.32.